The highest BCUT2D eigenvalue weighted by molar-refractivity contribution is 7.20. The number of rotatable bonds is 6. The second-order valence-electron chi connectivity index (χ2n) is 8.74. The Balaban J connectivity index is 1.20. The molecule has 0 spiro atoms. The van der Waals surface area contributed by atoms with E-state index in [2.05, 4.69) is 21.3 Å². The van der Waals surface area contributed by atoms with Gasteiger partial charge in [0.05, 0.1) is 16.1 Å². The summed E-state index contributed by atoms with van der Waals surface area (Å²) in [4.78, 5) is 31.3. The van der Waals surface area contributed by atoms with E-state index in [1.165, 1.54) is 10.6 Å². The van der Waals surface area contributed by atoms with E-state index >= 15 is 0 Å². The zero-order chi connectivity index (χ0) is 24.4. The van der Waals surface area contributed by atoms with Gasteiger partial charge in [-0.05, 0) is 55.5 Å². The average molecular weight is 485 g/mol. The van der Waals surface area contributed by atoms with Crippen LogP contribution in [0.1, 0.15) is 51.4 Å². The SMILES string of the molecule is Cc1ccc(NC(=O)COC(=O)c2ccc(C=Nc3sc4c(c3C#N)C3CCN4CC3)cc2)cc1. The molecule has 3 aromatic rings. The van der Waals surface area contributed by atoms with Crippen molar-refractivity contribution in [2.75, 3.05) is 29.9 Å². The maximum atomic E-state index is 12.3. The predicted octanol–water partition coefficient (Wildman–Crippen LogP) is 5.17. The maximum Gasteiger partial charge on any atom is 0.338 e. The Morgan fingerprint density at radius 1 is 1.17 bits per heavy atom. The molecule has 7 nitrogen and oxygen atoms in total. The van der Waals surface area contributed by atoms with Crippen molar-refractivity contribution >= 4 is 45.1 Å². The Kier molecular flexibility index (Phi) is 6.34. The molecule has 0 atom stereocenters. The minimum absolute atomic E-state index is 0.346. The monoisotopic (exact) mass is 484 g/mol. The number of aryl methyl sites for hydroxylation is 1. The van der Waals surface area contributed by atoms with E-state index in [1.807, 2.05) is 19.1 Å². The largest absolute Gasteiger partial charge is 0.452 e. The fourth-order valence-electron chi connectivity index (χ4n) is 4.49. The van der Waals surface area contributed by atoms with Crippen LogP contribution in [0.25, 0.3) is 0 Å². The van der Waals surface area contributed by atoms with Crippen LogP contribution in [-0.4, -0.2) is 37.8 Å². The Bertz CT molecular complexity index is 1330. The molecule has 1 amide bonds. The minimum Gasteiger partial charge on any atom is -0.452 e. The molecule has 4 heterocycles. The lowest BCUT2D eigenvalue weighted by atomic mass is 9.84. The van der Waals surface area contributed by atoms with Gasteiger partial charge in [0, 0.05) is 30.6 Å². The number of ether oxygens (including phenoxy) is 1. The number of nitrogens with one attached hydrogen (secondary N) is 1. The van der Waals surface area contributed by atoms with Crippen LogP contribution in [0.5, 0.6) is 0 Å². The number of aliphatic imine (C=N–C) groups is 1. The summed E-state index contributed by atoms with van der Waals surface area (Å²) in [5, 5.41) is 14.4. The fourth-order valence-corrected chi connectivity index (χ4v) is 5.73. The molecule has 35 heavy (non-hydrogen) atoms. The molecule has 0 unspecified atom stereocenters. The molecular weight excluding hydrogens is 460 g/mol. The molecule has 8 heteroatoms. The Labute approximate surface area is 207 Å². The lowest BCUT2D eigenvalue weighted by Crippen LogP contribution is -2.37. The number of nitrogens with zero attached hydrogens (tertiary/aromatic N) is 3. The van der Waals surface area contributed by atoms with Gasteiger partial charge in [-0.2, -0.15) is 5.26 Å². The summed E-state index contributed by atoms with van der Waals surface area (Å²) in [6.07, 6.45) is 3.92. The summed E-state index contributed by atoms with van der Waals surface area (Å²) in [5.41, 5.74) is 4.76. The van der Waals surface area contributed by atoms with Gasteiger partial charge in [0.1, 0.15) is 11.1 Å². The number of piperidine rings is 1. The van der Waals surface area contributed by atoms with Gasteiger partial charge >= 0.3 is 5.97 Å². The third kappa shape index (κ3) is 4.81. The zero-order valence-electron chi connectivity index (χ0n) is 19.3. The first-order valence-electron chi connectivity index (χ1n) is 11.5. The third-order valence-corrected chi connectivity index (χ3v) is 7.53. The Morgan fingerprint density at radius 3 is 2.57 bits per heavy atom. The molecule has 0 saturated carbocycles. The first-order valence-corrected chi connectivity index (χ1v) is 12.3. The van der Waals surface area contributed by atoms with E-state index in [0.29, 0.717) is 22.7 Å². The van der Waals surface area contributed by atoms with Crippen LogP contribution in [0.15, 0.2) is 53.5 Å². The summed E-state index contributed by atoms with van der Waals surface area (Å²) < 4.78 is 5.13. The molecule has 176 valence electrons. The van der Waals surface area contributed by atoms with Crippen molar-refractivity contribution in [1.82, 2.24) is 0 Å². The first kappa shape index (κ1) is 22.8. The normalized spacial score (nSPS) is 14.6. The smallest absolute Gasteiger partial charge is 0.338 e. The highest BCUT2D eigenvalue weighted by Crippen LogP contribution is 2.52. The Hall–Kier alpha value is -3.96. The third-order valence-electron chi connectivity index (χ3n) is 6.36. The second kappa shape index (κ2) is 9.72. The number of thiophene rings is 1. The molecule has 2 bridgehead atoms. The summed E-state index contributed by atoms with van der Waals surface area (Å²) in [7, 11) is 0. The summed E-state index contributed by atoms with van der Waals surface area (Å²) in [5.74, 6) is -0.508. The van der Waals surface area contributed by atoms with Crippen LogP contribution in [0.2, 0.25) is 0 Å². The average Bonchev–Trinajstić information content (AvgIpc) is 3.29. The number of esters is 1. The zero-order valence-corrected chi connectivity index (χ0v) is 20.1. The maximum absolute atomic E-state index is 12.3. The molecule has 0 radical (unpaired) electrons. The molecule has 6 rings (SSSR count). The molecule has 1 N–H and O–H groups in total. The van der Waals surface area contributed by atoms with Crippen molar-refractivity contribution in [3.63, 3.8) is 0 Å². The molecule has 2 aromatic carbocycles. The van der Waals surface area contributed by atoms with Crippen LogP contribution in [-0.2, 0) is 9.53 Å². The van der Waals surface area contributed by atoms with Crippen molar-refractivity contribution in [2.24, 2.45) is 4.99 Å². The molecular formula is C27H24N4O3S. The van der Waals surface area contributed by atoms with E-state index in [1.54, 1.807) is 53.9 Å². The summed E-state index contributed by atoms with van der Waals surface area (Å²) in [6, 6.07) is 16.5. The van der Waals surface area contributed by atoms with Crippen LogP contribution in [0.4, 0.5) is 15.7 Å². The highest BCUT2D eigenvalue weighted by Gasteiger charge is 2.36. The number of carbonyl (C=O) groups is 2. The topological polar surface area (TPSA) is 94.8 Å². The molecule has 3 aliphatic heterocycles. The van der Waals surface area contributed by atoms with Crippen molar-refractivity contribution in [1.29, 1.82) is 5.26 Å². The van der Waals surface area contributed by atoms with Gasteiger partial charge in [-0.3, -0.25) is 4.79 Å². The molecule has 1 fully saturated rings. The van der Waals surface area contributed by atoms with Gasteiger partial charge < -0.3 is 15.0 Å². The number of carbonyl (C=O) groups excluding carboxylic acids is 2. The predicted molar refractivity (Wildman–Crippen MR) is 137 cm³/mol. The molecule has 1 aromatic heterocycles. The van der Waals surface area contributed by atoms with Crippen LogP contribution in [0, 0.1) is 18.3 Å². The molecule has 1 saturated heterocycles. The van der Waals surface area contributed by atoms with Crippen molar-refractivity contribution in [2.45, 2.75) is 25.7 Å². The summed E-state index contributed by atoms with van der Waals surface area (Å²) >= 11 is 1.58. The number of hydrogen-bond acceptors (Lipinski definition) is 7. The second-order valence-corrected chi connectivity index (χ2v) is 9.72. The quantitative estimate of drug-likeness (QED) is 0.385. The van der Waals surface area contributed by atoms with Crippen molar-refractivity contribution in [3.05, 3.63) is 76.3 Å². The van der Waals surface area contributed by atoms with Gasteiger partial charge in [0.15, 0.2) is 6.61 Å². The lowest BCUT2D eigenvalue weighted by Gasteiger charge is -2.39. The molecule has 3 aliphatic rings. The van der Waals surface area contributed by atoms with Crippen molar-refractivity contribution in [3.8, 4) is 6.07 Å². The molecule has 0 aliphatic carbocycles. The van der Waals surface area contributed by atoms with E-state index < -0.39 is 11.9 Å². The van der Waals surface area contributed by atoms with E-state index in [9.17, 15) is 14.9 Å². The fraction of sp³-hybridized carbons (Fsp3) is 0.259. The van der Waals surface area contributed by atoms with Gasteiger partial charge in [0.2, 0.25) is 0 Å². The number of fused-ring (bicyclic) bond motifs is 2. The van der Waals surface area contributed by atoms with Crippen molar-refractivity contribution < 1.29 is 14.3 Å². The number of nitriles is 1. The van der Waals surface area contributed by atoms with Gasteiger partial charge in [-0.1, -0.05) is 41.2 Å². The summed E-state index contributed by atoms with van der Waals surface area (Å²) in [6.45, 7) is 3.70. The van der Waals surface area contributed by atoms with Gasteiger partial charge in [-0.15, -0.1) is 0 Å². The van der Waals surface area contributed by atoms with Crippen LogP contribution < -0.4 is 10.2 Å². The van der Waals surface area contributed by atoms with Gasteiger partial charge in [-0.25, -0.2) is 9.79 Å². The standard InChI is InChI=1S/C27H24N4O3S/c1-17-2-8-21(9-3-17)30-23(32)16-34-27(33)20-6-4-18(5-7-20)15-29-25-22(14-28)24-19-10-12-31(13-11-19)26(24)35-25/h2-9,15,19H,10-13,16H2,1H3,(H,30,32). The lowest BCUT2D eigenvalue weighted by molar-refractivity contribution is -0.119. The Morgan fingerprint density at radius 2 is 1.89 bits per heavy atom. The van der Waals surface area contributed by atoms with Gasteiger partial charge in [0.25, 0.3) is 5.91 Å². The number of benzene rings is 2. The first-order chi connectivity index (χ1) is 17.0. The number of amides is 1. The number of hydrogen-bond donors (Lipinski definition) is 1. The highest BCUT2D eigenvalue weighted by atomic mass is 32.1. The van der Waals surface area contributed by atoms with E-state index in [4.69, 9.17) is 4.74 Å². The van der Waals surface area contributed by atoms with Crippen LogP contribution in [0.3, 0.4) is 0 Å². The minimum atomic E-state index is -0.574. The number of anilines is 2. The van der Waals surface area contributed by atoms with E-state index in [-0.39, 0.29) is 6.61 Å². The van der Waals surface area contributed by atoms with Crippen LogP contribution >= 0.6 is 11.3 Å². The van der Waals surface area contributed by atoms with E-state index in [0.717, 1.165) is 42.1 Å².